The van der Waals surface area contributed by atoms with E-state index in [-0.39, 0.29) is 16.6 Å². The third-order valence-corrected chi connectivity index (χ3v) is 1.23. The molecule has 0 spiro atoms. The minimum absolute atomic E-state index is 0.00182. The third-order valence-electron chi connectivity index (χ3n) is 0.739. The molecule has 0 heterocycles. The molecular formula is C6H10O4Si. The van der Waals surface area contributed by atoms with Gasteiger partial charge in [-0.25, -0.2) is 4.79 Å². The Morgan fingerprint density at radius 2 is 2.36 bits per heavy atom. The zero-order valence-corrected chi connectivity index (χ0v) is 7.33. The lowest BCUT2D eigenvalue weighted by Gasteiger charge is -2.00. The Hall–Kier alpha value is -0.653. The molecule has 0 saturated carbocycles. The second-order valence-electron chi connectivity index (χ2n) is 1.51. The van der Waals surface area contributed by atoms with Crippen LogP contribution < -0.4 is 0 Å². The molecule has 0 rings (SSSR count). The molecular weight excluding hydrogens is 164 g/mol. The van der Waals surface area contributed by atoms with Crippen molar-refractivity contribution in [3.05, 3.63) is 12.7 Å². The minimum atomic E-state index is -0.436. The van der Waals surface area contributed by atoms with Gasteiger partial charge in [0.25, 0.3) is 0 Å². The SMILES string of the molecule is C=CC(=O)OCCO[Si]OC. The van der Waals surface area contributed by atoms with E-state index in [1.807, 2.05) is 0 Å². The summed E-state index contributed by atoms with van der Waals surface area (Å²) in [6.45, 7) is 3.83. The lowest BCUT2D eigenvalue weighted by molar-refractivity contribution is -0.138. The highest BCUT2D eigenvalue weighted by Gasteiger charge is 1.94. The van der Waals surface area contributed by atoms with Crippen LogP contribution in [-0.2, 0) is 18.4 Å². The van der Waals surface area contributed by atoms with E-state index < -0.39 is 5.97 Å². The Morgan fingerprint density at radius 1 is 1.64 bits per heavy atom. The average molecular weight is 174 g/mol. The van der Waals surface area contributed by atoms with E-state index in [1.165, 1.54) is 7.11 Å². The van der Waals surface area contributed by atoms with E-state index in [9.17, 15) is 4.79 Å². The van der Waals surface area contributed by atoms with Gasteiger partial charge in [0, 0.05) is 13.2 Å². The summed E-state index contributed by atoms with van der Waals surface area (Å²) in [6.07, 6.45) is 1.11. The van der Waals surface area contributed by atoms with Crippen LogP contribution in [-0.4, -0.2) is 36.3 Å². The van der Waals surface area contributed by atoms with Crippen molar-refractivity contribution in [1.29, 1.82) is 0 Å². The normalized spacial score (nSPS) is 9.18. The Labute approximate surface area is 68.2 Å². The van der Waals surface area contributed by atoms with Crippen molar-refractivity contribution >= 4 is 16.0 Å². The third kappa shape index (κ3) is 7.24. The fourth-order valence-electron chi connectivity index (χ4n) is 0.343. The fourth-order valence-corrected chi connectivity index (χ4v) is 0.628. The summed E-state index contributed by atoms with van der Waals surface area (Å²) < 4.78 is 14.1. The van der Waals surface area contributed by atoms with Gasteiger partial charge in [-0.3, -0.25) is 0 Å². The van der Waals surface area contributed by atoms with Gasteiger partial charge in [0.2, 0.25) is 0 Å². The monoisotopic (exact) mass is 174 g/mol. The average Bonchev–Trinajstić information content (AvgIpc) is 2.04. The van der Waals surface area contributed by atoms with Gasteiger partial charge in [-0.15, -0.1) is 0 Å². The Kier molecular flexibility index (Phi) is 7.01. The highest BCUT2D eigenvalue weighted by molar-refractivity contribution is 6.17. The van der Waals surface area contributed by atoms with Crippen LogP contribution in [0.2, 0.25) is 0 Å². The van der Waals surface area contributed by atoms with Crippen LogP contribution in [0.4, 0.5) is 0 Å². The molecule has 0 aliphatic rings. The molecule has 0 N–H and O–H groups in total. The van der Waals surface area contributed by atoms with Crippen molar-refractivity contribution < 1.29 is 18.4 Å². The topological polar surface area (TPSA) is 44.8 Å². The molecule has 0 aliphatic carbocycles. The van der Waals surface area contributed by atoms with Gasteiger partial charge in [0.1, 0.15) is 6.61 Å². The van der Waals surface area contributed by atoms with Gasteiger partial charge in [-0.2, -0.15) is 0 Å². The summed E-state index contributed by atoms with van der Waals surface area (Å²) >= 11 is 0. The second kappa shape index (κ2) is 7.45. The van der Waals surface area contributed by atoms with E-state index in [1.54, 1.807) is 0 Å². The molecule has 0 atom stereocenters. The van der Waals surface area contributed by atoms with Crippen LogP contribution in [0.1, 0.15) is 0 Å². The summed E-state index contributed by atoms with van der Waals surface area (Å²) in [7, 11) is 1.54. The maximum Gasteiger partial charge on any atom is 0.433 e. The molecule has 0 aromatic rings. The van der Waals surface area contributed by atoms with E-state index in [4.69, 9.17) is 4.43 Å². The molecule has 11 heavy (non-hydrogen) atoms. The van der Waals surface area contributed by atoms with Crippen LogP contribution in [0.5, 0.6) is 0 Å². The van der Waals surface area contributed by atoms with Crippen LogP contribution in [0, 0.1) is 0 Å². The maximum atomic E-state index is 10.4. The maximum absolute atomic E-state index is 10.4. The molecule has 2 radical (unpaired) electrons. The number of hydrogen-bond acceptors (Lipinski definition) is 4. The summed E-state index contributed by atoms with van der Waals surface area (Å²) in [5, 5.41) is 0. The molecule has 0 aromatic heterocycles. The number of esters is 1. The van der Waals surface area contributed by atoms with E-state index >= 15 is 0 Å². The van der Waals surface area contributed by atoms with Crippen LogP contribution in [0.25, 0.3) is 0 Å². The zero-order chi connectivity index (χ0) is 8.53. The van der Waals surface area contributed by atoms with E-state index in [0.717, 1.165) is 6.08 Å². The molecule has 0 amide bonds. The number of ether oxygens (including phenoxy) is 1. The van der Waals surface area contributed by atoms with Crippen LogP contribution in [0.3, 0.4) is 0 Å². The molecule has 0 aliphatic heterocycles. The van der Waals surface area contributed by atoms with Gasteiger partial charge in [0.15, 0.2) is 0 Å². The summed E-state index contributed by atoms with van der Waals surface area (Å²) in [5.74, 6) is -0.436. The van der Waals surface area contributed by atoms with Crippen LogP contribution >= 0.6 is 0 Å². The van der Waals surface area contributed by atoms with Crippen molar-refractivity contribution in [3.63, 3.8) is 0 Å². The van der Waals surface area contributed by atoms with Crippen molar-refractivity contribution in [3.8, 4) is 0 Å². The summed E-state index contributed by atoms with van der Waals surface area (Å²) in [5.41, 5.74) is 0. The van der Waals surface area contributed by atoms with Gasteiger partial charge >= 0.3 is 16.0 Å². The molecule has 0 fully saturated rings. The first-order valence-electron chi connectivity index (χ1n) is 3.00. The van der Waals surface area contributed by atoms with Gasteiger partial charge in [0.05, 0.1) is 6.61 Å². The minimum Gasteiger partial charge on any atom is -0.460 e. The quantitative estimate of drug-likeness (QED) is 0.244. The largest absolute Gasteiger partial charge is 0.460 e. The number of carbonyl (C=O) groups is 1. The van der Waals surface area contributed by atoms with Crippen molar-refractivity contribution in [2.45, 2.75) is 0 Å². The van der Waals surface area contributed by atoms with Crippen molar-refractivity contribution in [1.82, 2.24) is 0 Å². The molecule has 62 valence electrons. The lowest BCUT2D eigenvalue weighted by atomic mass is 10.6. The van der Waals surface area contributed by atoms with E-state index in [0.29, 0.717) is 6.61 Å². The van der Waals surface area contributed by atoms with E-state index in [2.05, 4.69) is 15.7 Å². The first-order valence-corrected chi connectivity index (χ1v) is 3.82. The summed E-state index contributed by atoms with van der Waals surface area (Å²) in [6, 6.07) is 0. The second-order valence-corrected chi connectivity index (χ2v) is 2.37. The predicted octanol–water partition coefficient (Wildman–Crippen LogP) is -0.0872. The Balaban J connectivity index is 3.01. The highest BCUT2D eigenvalue weighted by atomic mass is 28.3. The lowest BCUT2D eigenvalue weighted by Crippen LogP contribution is -2.11. The van der Waals surface area contributed by atoms with Gasteiger partial charge in [-0.05, 0) is 0 Å². The zero-order valence-electron chi connectivity index (χ0n) is 6.33. The molecule has 4 nitrogen and oxygen atoms in total. The summed E-state index contributed by atoms with van der Waals surface area (Å²) in [4.78, 5) is 10.4. The molecule has 0 unspecified atom stereocenters. The number of hydrogen-bond donors (Lipinski definition) is 0. The molecule has 5 heteroatoms. The van der Waals surface area contributed by atoms with Gasteiger partial charge in [-0.1, -0.05) is 6.58 Å². The van der Waals surface area contributed by atoms with Gasteiger partial charge < -0.3 is 13.6 Å². The fraction of sp³-hybridized carbons (Fsp3) is 0.500. The van der Waals surface area contributed by atoms with Crippen molar-refractivity contribution in [2.75, 3.05) is 20.3 Å². The number of carbonyl (C=O) groups excluding carboxylic acids is 1. The molecule has 0 bridgehead atoms. The predicted molar refractivity (Wildman–Crippen MR) is 39.9 cm³/mol. The first kappa shape index (κ1) is 10.3. The molecule has 0 saturated heterocycles. The molecule has 0 aromatic carbocycles. The first-order chi connectivity index (χ1) is 5.31. The smallest absolute Gasteiger partial charge is 0.433 e. The number of rotatable bonds is 6. The van der Waals surface area contributed by atoms with Crippen LogP contribution in [0.15, 0.2) is 12.7 Å². The Bertz CT molecular complexity index is 126. The van der Waals surface area contributed by atoms with Crippen molar-refractivity contribution in [2.24, 2.45) is 0 Å². The highest BCUT2D eigenvalue weighted by Crippen LogP contribution is 1.79. The Morgan fingerprint density at radius 3 is 2.91 bits per heavy atom. The standard InChI is InChI=1S/C6H10O4Si/c1-3-6(7)9-4-5-10-11-8-2/h3H,1,4-5H2,2H3.